The van der Waals surface area contributed by atoms with Gasteiger partial charge in [-0.3, -0.25) is 14.5 Å². The molecule has 0 radical (unpaired) electrons. The molecule has 2 aromatic heterocycles. The number of likely N-dealkylation sites (tertiary alicyclic amines) is 1. The third kappa shape index (κ3) is 5.18. The summed E-state index contributed by atoms with van der Waals surface area (Å²) in [7, 11) is 0. The van der Waals surface area contributed by atoms with Crippen LogP contribution in [0.4, 0.5) is 17.3 Å². The SMILES string of the molecule is C=C1/C(=C/c2cnn3c(NC4CC4)cc(Nc4ccc(C#N)cc4Cl)nc23)CC(=O)N1COC(=O)C(C)N. The Labute approximate surface area is 223 Å². The number of nitrogens with zero attached hydrogens (tertiary/aromatic N) is 5. The number of nitrogens with one attached hydrogen (secondary N) is 2. The van der Waals surface area contributed by atoms with E-state index < -0.39 is 12.0 Å². The molecule has 11 nitrogen and oxygen atoms in total. The lowest BCUT2D eigenvalue weighted by atomic mass is 10.1. The highest BCUT2D eigenvalue weighted by molar-refractivity contribution is 6.33. The molecule has 3 aromatic rings. The third-order valence-electron chi connectivity index (χ3n) is 6.17. The van der Waals surface area contributed by atoms with Crippen molar-refractivity contribution in [3.63, 3.8) is 0 Å². The number of rotatable bonds is 8. The molecule has 0 spiro atoms. The van der Waals surface area contributed by atoms with Crippen molar-refractivity contribution in [1.82, 2.24) is 19.5 Å². The van der Waals surface area contributed by atoms with Crippen LogP contribution in [-0.2, 0) is 14.3 Å². The molecule has 4 N–H and O–H groups in total. The molecule has 1 amide bonds. The summed E-state index contributed by atoms with van der Waals surface area (Å²) in [5.41, 5.74) is 8.91. The number of benzene rings is 1. The van der Waals surface area contributed by atoms with Crippen molar-refractivity contribution in [2.24, 2.45) is 5.73 Å². The zero-order chi connectivity index (χ0) is 27.0. The number of fused-ring (bicyclic) bond motifs is 1. The second-order valence-electron chi connectivity index (χ2n) is 9.21. The topological polar surface area (TPSA) is 151 Å². The Kier molecular flexibility index (Phi) is 6.75. The van der Waals surface area contributed by atoms with Gasteiger partial charge in [0.05, 0.1) is 35.0 Å². The van der Waals surface area contributed by atoms with Crippen molar-refractivity contribution in [1.29, 1.82) is 5.26 Å². The van der Waals surface area contributed by atoms with E-state index in [1.165, 1.54) is 11.8 Å². The van der Waals surface area contributed by atoms with Crippen LogP contribution in [0.5, 0.6) is 0 Å². The lowest BCUT2D eigenvalue weighted by Gasteiger charge is -2.17. The molecule has 1 aromatic carbocycles. The highest BCUT2D eigenvalue weighted by Crippen LogP contribution is 2.33. The Bertz CT molecular complexity index is 1530. The number of hydrogen-bond acceptors (Lipinski definition) is 9. The van der Waals surface area contributed by atoms with Crippen LogP contribution in [0.3, 0.4) is 0 Å². The summed E-state index contributed by atoms with van der Waals surface area (Å²) in [5.74, 6) is 0.434. The maximum atomic E-state index is 12.6. The predicted octanol–water partition coefficient (Wildman–Crippen LogP) is 3.55. The van der Waals surface area contributed by atoms with E-state index in [1.54, 1.807) is 28.9 Å². The monoisotopic (exact) mass is 532 g/mol. The first-order valence-electron chi connectivity index (χ1n) is 12.0. The number of nitriles is 1. The molecule has 1 unspecified atom stereocenters. The molecule has 1 aliphatic carbocycles. The normalized spacial score (nSPS) is 17.1. The van der Waals surface area contributed by atoms with Crippen molar-refractivity contribution in [2.45, 2.75) is 38.3 Å². The van der Waals surface area contributed by atoms with E-state index in [1.807, 2.05) is 12.1 Å². The smallest absolute Gasteiger partial charge is 0.324 e. The lowest BCUT2D eigenvalue weighted by Crippen LogP contribution is -2.34. The summed E-state index contributed by atoms with van der Waals surface area (Å²) in [4.78, 5) is 30.4. The van der Waals surface area contributed by atoms with Crippen LogP contribution in [-0.4, -0.2) is 50.2 Å². The van der Waals surface area contributed by atoms with E-state index in [4.69, 9.17) is 32.3 Å². The number of amides is 1. The quantitative estimate of drug-likeness (QED) is 0.370. The molecular weight excluding hydrogens is 508 g/mol. The molecule has 194 valence electrons. The molecule has 12 heteroatoms. The van der Waals surface area contributed by atoms with E-state index in [9.17, 15) is 9.59 Å². The number of halogens is 1. The van der Waals surface area contributed by atoms with Crippen molar-refractivity contribution >= 4 is 52.5 Å². The van der Waals surface area contributed by atoms with Gasteiger partial charge in [-0.1, -0.05) is 18.2 Å². The lowest BCUT2D eigenvalue weighted by molar-refractivity contribution is -0.151. The first kappa shape index (κ1) is 25.3. The molecular formula is C26H25ClN8O3. The van der Waals surface area contributed by atoms with E-state index in [0.29, 0.717) is 50.6 Å². The van der Waals surface area contributed by atoms with Crippen LogP contribution in [0.1, 0.15) is 37.3 Å². The number of carbonyl (C=O) groups is 2. The number of hydrogen-bond donors (Lipinski definition) is 3. The van der Waals surface area contributed by atoms with Crippen molar-refractivity contribution < 1.29 is 14.3 Å². The molecule has 1 atom stereocenters. The zero-order valence-corrected chi connectivity index (χ0v) is 21.3. The predicted molar refractivity (Wildman–Crippen MR) is 142 cm³/mol. The Morgan fingerprint density at radius 1 is 1.42 bits per heavy atom. The van der Waals surface area contributed by atoms with Gasteiger partial charge in [-0.25, -0.2) is 4.98 Å². The second-order valence-corrected chi connectivity index (χ2v) is 9.62. The van der Waals surface area contributed by atoms with Gasteiger partial charge in [-0.05, 0) is 49.6 Å². The van der Waals surface area contributed by atoms with Gasteiger partial charge in [0.15, 0.2) is 12.4 Å². The van der Waals surface area contributed by atoms with Gasteiger partial charge in [0.1, 0.15) is 17.7 Å². The van der Waals surface area contributed by atoms with Gasteiger partial charge in [-0.2, -0.15) is 14.9 Å². The van der Waals surface area contributed by atoms with Crippen molar-refractivity contribution in [3.05, 3.63) is 64.5 Å². The highest BCUT2D eigenvalue weighted by Gasteiger charge is 2.30. The summed E-state index contributed by atoms with van der Waals surface area (Å²) in [6, 6.07) is 8.46. The highest BCUT2D eigenvalue weighted by atomic mass is 35.5. The van der Waals surface area contributed by atoms with E-state index in [0.717, 1.165) is 18.7 Å². The number of esters is 1. The third-order valence-corrected chi connectivity index (χ3v) is 6.48. The second kappa shape index (κ2) is 10.2. The fourth-order valence-corrected chi connectivity index (χ4v) is 4.15. The Morgan fingerprint density at radius 2 is 2.21 bits per heavy atom. The molecule has 5 rings (SSSR count). The van der Waals surface area contributed by atoms with Crippen LogP contribution < -0.4 is 16.4 Å². The van der Waals surface area contributed by atoms with Crippen LogP contribution in [0.2, 0.25) is 5.02 Å². The van der Waals surface area contributed by atoms with Gasteiger partial charge < -0.3 is 21.1 Å². The Morgan fingerprint density at radius 3 is 2.89 bits per heavy atom. The van der Waals surface area contributed by atoms with Gasteiger partial charge in [-0.15, -0.1) is 0 Å². The Hall–Kier alpha value is -4.40. The van der Waals surface area contributed by atoms with Crippen LogP contribution >= 0.6 is 11.6 Å². The number of nitrogens with two attached hydrogens (primary N) is 1. The molecule has 0 bridgehead atoms. The molecule has 1 aliphatic heterocycles. The Balaban J connectivity index is 1.46. The molecule has 1 saturated carbocycles. The number of carbonyl (C=O) groups excluding carboxylic acids is 2. The standard InChI is InChI=1S/C26H25ClN8O3/c1-14(29)26(37)38-13-34-15(2)17(9-24(34)36)8-18-12-30-35-23(31-19-4-5-19)10-22(33-25(18)35)32-21-6-3-16(11-28)7-20(21)27/h3,6-8,10,12,14,19,31H,2,4-5,9,13,29H2,1H3,(H,32,33)/b17-8+. The number of aromatic nitrogens is 3. The van der Waals surface area contributed by atoms with Gasteiger partial charge in [0.2, 0.25) is 5.91 Å². The first-order valence-corrected chi connectivity index (χ1v) is 12.4. The number of allylic oxidation sites excluding steroid dienone is 1. The fraction of sp³-hybridized carbons (Fsp3) is 0.269. The summed E-state index contributed by atoms with van der Waals surface area (Å²) in [6.07, 6.45) is 5.71. The number of anilines is 3. The average Bonchev–Trinajstić information content (AvgIpc) is 3.55. The zero-order valence-electron chi connectivity index (χ0n) is 20.6. The summed E-state index contributed by atoms with van der Waals surface area (Å²) >= 11 is 6.37. The minimum Gasteiger partial charge on any atom is -0.443 e. The van der Waals surface area contributed by atoms with E-state index in [-0.39, 0.29) is 19.1 Å². The first-order chi connectivity index (χ1) is 18.2. The fourth-order valence-electron chi connectivity index (χ4n) is 3.93. The van der Waals surface area contributed by atoms with E-state index >= 15 is 0 Å². The van der Waals surface area contributed by atoms with Crippen LogP contribution in [0.25, 0.3) is 11.7 Å². The largest absolute Gasteiger partial charge is 0.443 e. The van der Waals surface area contributed by atoms with Crippen molar-refractivity contribution in [3.8, 4) is 6.07 Å². The molecule has 2 fully saturated rings. The average molecular weight is 533 g/mol. The maximum absolute atomic E-state index is 12.6. The summed E-state index contributed by atoms with van der Waals surface area (Å²) in [6.45, 7) is 5.28. The maximum Gasteiger partial charge on any atom is 0.324 e. The summed E-state index contributed by atoms with van der Waals surface area (Å²) < 4.78 is 6.82. The summed E-state index contributed by atoms with van der Waals surface area (Å²) in [5, 5.41) is 20.7. The number of ether oxygens (including phenoxy) is 1. The van der Waals surface area contributed by atoms with Gasteiger partial charge in [0, 0.05) is 23.4 Å². The molecule has 3 heterocycles. The van der Waals surface area contributed by atoms with Crippen molar-refractivity contribution in [2.75, 3.05) is 17.4 Å². The molecule has 38 heavy (non-hydrogen) atoms. The molecule has 1 saturated heterocycles. The van der Waals surface area contributed by atoms with Gasteiger partial charge >= 0.3 is 5.97 Å². The van der Waals surface area contributed by atoms with Crippen LogP contribution in [0, 0.1) is 11.3 Å². The van der Waals surface area contributed by atoms with E-state index in [2.05, 4.69) is 28.4 Å². The molecule has 2 aliphatic rings. The minimum atomic E-state index is -0.791. The minimum absolute atomic E-state index is 0.0951. The van der Waals surface area contributed by atoms with Gasteiger partial charge in [0.25, 0.3) is 0 Å². The van der Waals surface area contributed by atoms with Crippen LogP contribution in [0.15, 0.2) is 48.3 Å².